The molecule has 154 valence electrons. The van der Waals surface area contributed by atoms with Gasteiger partial charge in [-0.15, -0.1) is 10.2 Å². The third-order valence-electron chi connectivity index (χ3n) is 3.85. The van der Waals surface area contributed by atoms with E-state index in [4.69, 9.17) is 16.3 Å². The Bertz CT molecular complexity index is 870. The Hall–Kier alpha value is -3.08. The van der Waals surface area contributed by atoms with Crippen LogP contribution in [0, 0.1) is 0 Å². The number of amides is 2. The number of hydrogen-bond donors (Lipinski definition) is 2. The van der Waals surface area contributed by atoms with Gasteiger partial charge >= 0.3 is 12.5 Å². The van der Waals surface area contributed by atoms with Crippen molar-refractivity contribution in [1.82, 2.24) is 20.8 Å². The van der Waals surface area contributed by atoms with Crippen LogP contribution in [0.2, 0.25) is 5.02 Å². The summed E-state index contributed by atoms with van der Waals surface area (Å²) in [5, 5.41) is 12.9. The summed E-state index contributed by atoms with van der Waals surface area (Å²) in [4.78, 5) is 23.6. The third-order valence-corrected chi connectivity index (χ3v) is 4.10. The first-order chi connectivity index (χ1) is 13.8. The van der Waals surface area contributed by atoms with Gasteiger partial charge in [-0.2, -0.15) is 4.39 Å². The Morgan fingerprint density at radius 3 is 2.48 bits per heavy atom. The molecule has 0 bridgehead atoms. The summed E-state index contributed by atoms with van der Waals surface area (Å²) in [6.07, 6.45) is -7.92. The lowest BCUT2D eigenvalue weighted by Gasteiger charge is -2.20. The first kappa shape index (κ1) is 20.6. The molecule has 0 spiro atoms. The summed E-state index contributed by atoms with van der Waals surface area (Å²) in [7, 11) is 0. The minimum Gasteiger partial charge on any atom is -0.436 e. The molecule has 0 aliphatic carbocycles. The van der Waals surface area contributed by atoms with E-state index >= 15 is 0 Å². The van der Waals surface area contributed by atoms with Gasteiger partial charge in [0.25, 0.3) is 12.3 Å². The van der Waals surface area contributed by atoms with Crippen molar-refractivity contribution < 1.29 is 32.2 Å². The molecule has 1 fully saturated rings. The van der Waals surface area contributed by atoms with Crippen LogP contribution in [0.3, 0.4) is 0 Å². The van der Waals surface area contributed by atoms with E-state index in [0.29, 0.717) is 10.6 Å². The molecule has 1 aliphatic rings. The minimum atomic E-state index is -3.33. The molecule has 1 aromatic carbocycles. The highest BCUT2D eigenvalue weighted by Crippen LogP contribution is 2.24. The highest BCUT2D eigenvalue weighted by atomic mass is 35.5. The van der Waals surface area contributed by atoms with Crippen LogP contribution in [-0.4, -0.2) is 47.6 Å². The van der Waals surface area contributed by atoms with Crippen LogP contribution in [0.4, 0.5) is 18.0 Å². The molecular formula is C17H14ClF3N4O4. The molecule has 12 heteroatoms. The molecule has 2 aromatic rings. The molecule has 3 atom stereocenters. The molecule has 1 aliphatic heterocycles. The Balaban J connectivity index is 1.81. The van der Waals surface area contributed by atoms with Crippen LogP contribution in [0.5, 0.6) is 5.88 Å². The van der Waals surface area contributed by atoms with Crippen molar-refractivity contribution in [3.05, 3.63) is 52.7 Å². The normalized spacial score (nSPS) is 18.0. The first-order valence-electron chi connectivity index (χ1n) is 8.26. The molecule has 29 heavy (non-hydrogen) atoms. The van der Waals surface area contributed by atoms with Gasteiger partial charge < -0.3 is 20.1 Å². The number of nitrogens with zero attached hydrogens (tertiary/aromatic N) is 2. The molecule has 0 saturated carbocycles. The fourth-order valence-corrected chi connectivity index (χ4v) is 2.59. The second-order valence-electron chi connectivity index (χ2n) is 5.87. The number of carbonyl (C=O) groups excluding carboxylic acids is 2. The number of alkyl carbamates (subject to hydrolysis) is 1. The zero-order valence-corrected chi connectivity index (χ0v) is 15.3. The van der Waals surface area contributed by atoms with Crippen LogP contribution >= 0.6 is 11.6 Å². The summed E-state index contributed by atoms with van der Waals surface area (Å²) in [5.41, 5.74) is 0.775. The van der Waals surface area contributed by atoms with E-state index in [2.05, 4.69) is 25.6 Å². The SMILES string of the molecule is O=C1NCC(C(=O)N[C@H](c2ccc(Cl)cc2)c2ccc(OC(F)C(F)F)nn2)O1. The Labute approximate surface area is 167 Å². The lowest BCUT2D eigenvalue weighted by Crippen LogP contribution is -2.39. The number of ether oxygens (including phenoxy) is 2. The van der Waals surface area contributed by atoms with Gasteiger partial charge in [0.05, 0.1) is 18.3 Å². The van der Waals surface area contributed by atoms with Gasteiger partial charge in [0.2, 0.25) is 5.88 Å². The summed E-state index contributed by atoms with van der Waals surface area (Å²) in [5.74, 6) is -1.04. The Kier molecular flexibility index (Phi) is 6.37. The quantitative estimate of drug-likeness (QED) is 0.699. The van der Waals surface area contributed by atoms with Crippen molar-refractivity contribution in [3.63, 3.8) is 0 Å². The van der Waals surface area contributed by atoms with Crippen LogP contribution in [0.1, 0.15) is 17.3 Å². The molecule has 2 heterocycles. The predicted octanol–water partition coefficient (Wildman–Crippen LogP) is 2.38. The van der Waals surface area contributed by atoms with Crippen molar-refractivity contribution in [2.75, 3.05) is 6.54 Å². The number of benzene rings is 1. The van der Waals surface area contributed by atoms with Gasteiger partial charge in [-0.1, -0.05) is 23.7 Å². The number of cyclic esters (lactones) is 1. The van der Waals surface area contributed by atoms with Crippen molar-refractivity contribution in [3.8, 4) is 5.88 Å². The van der Waals surface area contributed by atoms with Crippen LogP contribution in [0.25, 0.3) is 0 Å². The number of hydrogen-bond acceptors (Lipinski definition) is 6. The molecule has 1 aromatic heterocycles. The van der Waals surface area contributed by atoms with Gasteiger partial charge in [-0.05, 0) is 23.8 Å². The highest BCUT2D eigenvalue weighted by molar-refractivity contribution is 6.30. The van der Waals surface area contributed by atoms with E-state index in [9.17, 15) is 22.8 Å². The summed E-state index contributed by atoms with van der Waals surface area (Å²) in [6.45, 7) is 0.00196. The minimum absolute atomic E-state index is 0.00196. The van der Waals surface area contributed by atoms with Crippen molar-refractivity contribution >= 4 is 23.6 Å². The maximum atomic E-state index is 13.0. The van der Waals surface area contributed by atoms with Gasteiger partial charge in [-0.3, -0.25) is 4.79 Å². The predicted molar refractivity (Wildman–Crippen MR) is 93.3 cm³/mol. The molecule has 1 saturated heterocycles. The summed E-state index contributed by atoms with van der Waals surface area (Å²) < 4.78 is 46.7. The first-order valence-corrected chi connectivity index (χ1v) is 8.64. The monoisotopic (exact) mass is 430 g/mol. The number of nitrogens with one attached hydrogen (secondary N) is 2. The fraction of sp³-hybridized carbons (Fsp3) is 0.294. The number of carbonyl (C=O) groups is 2. The zero-order valence-electron chi connectivity index (χ0n) is 14.5. The third kappa shape index (κ3) is 5.25. The van der Waals surface area contributed by atoms with Gasteiger partial charge in [0.1, 0.15) is 0 Å². The molecule has 2 amide bonds. The number of aromatic nitrogens is 2. The van der Waals surface area contributed by atoms with Crippen molar-refractivity contribution in [2.45, 2.75) is 24.9 Å². The van der Waals surface area contributed by atoms with E-state index in [-0.39, 0.29) is 12.2 Å². The second-order valence-corrected chi connectivity index (χ2v) is 6.30. The fourth-order valence-electron chi connectivity index (χ4n) is 2.47. The molecular weight excluding hydrogens is 417 g/mol. The molecule has 8 nitrogen and oxygen atoms in total. The summed E-state index contributed by atoms with van der Waals surface area (Å²) in [6, 6.07) is 8.09. The molecule has 2 N–H and O–H groups in total. The highest BCUT2D eigenvalue weighted by Gasteiger charge is 2.32. The number of alkyl halides is 3. The van der Waals surface area contributed by atoms with Crippen LogP contribution < -0.4 is 15.4 Å². The zero-order chi connectivity index (χ0) is 21.0. The van der Waals surface area contributed by atoms with E-state index in [1.165, 1.54) is 6.07 Å². The Morgan fingerprint density at radius 1 is 1.21 bits per heavy atom. The van der Waals surface area contributed by atoms with Gasteiger partial charge in [-0.25, -0.2) is 13.6 Å². The second kappa shape index (κ2) is 8.95. The average Bonchev–Trinajstić information content (AvgIpc) is 3.14. The van der Waals surface area contributed by atoms with Crippen molar-refractivity contribution in [2.24, 2.45) is 0 Å². The van der Waals surface area contributed by atoms with E-state index in [1.807, 2.05) is 0 Å². The van der Waals surface area contributed by atoms with Crippen molar-refractivity contribution in [1.29, 1.82) is 0 Å². The van der Waals surface area contributed by atoms with Crippen LogP contribution in [-0.2, 0) is 9.53 Å². The molecule has 0 radical (unpaired) electrons. The molecule has 3 rings (SSSR count). The van der Waals surface area contributed by atoms with E-state index in [1.54, 1.807) is 24.3 Å². The number of rotatable bonds is 7. The molecule has 2 unspecified atom stereocenters. The Morgan fingerprint density at radius 2 is 1.93 bits per heavy atom. The van der Waals surface area contributed by atoms with E-state index < -0.39 is 42.8 Å². The smallest absolute Gasteiger partial charge is 0.408 e. The lowest BCUT2D eigenvalue weighted by atomic mass is 10.0. The van der Waals surface area contributed by atoms with Crippen LogP contribution in [0.15, 0.2) is 36.4 Å². The average molecular weight is 431 g/mol. The lowest BCUT2D eigenvalue weighted by molar-refractivity contribution is -0.128. The standard InChI is InChI=1S/C17H14ClF3N4O4/c18-9-3-1-8(2-4-9)13(23-16(26)11-7-22-17(27)28-11)10-5-6-12(25-24-10)29-15(21)14(19)20/h1-6,11,13-15H,7H2,(H,22,27)(H,23,26)/t11?,13-,15?/m1/s1. The van der Waals surface area contributed by atoms with Gasteiger partial charge in [0.15, 0.2) is 6.10 Å². The largest absolute Gasteiger partial charge is 0.436 e. The van der Waals surface area contributed by atoms with Gasteiger partial charge in [0, 0.05) is 11.1 Å². The number of halogens is 4. The maximum Gasteiger partial charge on any atom is 0.408 e. The topological polar surface area (TPSA) is 102 Å². The van der Waals surface area contributed by atoms with E-state index in [0.717, 1.165) is 6.07 Å². The maximum absolute atomic E-state index is 13.0. The summed E-state index contributed by atoms with van der Waals surface area (Å²) >= 11 is 5.89.